The average molecular weight is 146 g/mol. The molecule has 0 aromatic heterocycles. The van der Waals surface area contributed by atoms with E-state index >= 15 is 0 Å². The summed E-state index contributed by atoms with van der Waals surface area (Å²) < 4.78 is 25.6. The van der Waals surface area contributed by atoms with Gasteiger partial charge in [0.2, 0.25) is 0 Å². The van der Waals surface area contributed by atoms with Crippen LogP contribution in [-0.4, -0.2) is 5.92 Å². The monoisotopic (exact) mass is 146 g/mol. The predicted octanol–water partition coefficient (Wildman–Crippen LogP) is 3.00. The maximum absolute atomic E-state index is 12.8. The Labute approximate surface area is 59.9 Å². The van der Waals surface area contributed by atoms with Crippen LogP contribution in [0.4, 0.5) is 8.78 Å². The zero-order valence-corrected chi connectivity index (χ0v) is 6.16. The summed E-state index contributed by atoms with van der Waals surface area (Å²) in [6.07, 6.45) is 1.30. The van der Waals surface area contributed by atoms with Gasteiger partial charge >= 0.3 is 0 Å². The molecule has 0 amide bonds. The highest BCUT2D eigenvalue weighted by Gasteiger charge is 2.43. The highest BCUT2D eigenvalue weighted by atomic mass is 19.3. The van der Waals surface area contributed by atoms with E-state index in [0.29, 0.717) is 18.4 Å². The minimum atomic E-state index is -2.47. The van der Waals surface area contributed by atoms with Crippen LogP contribution >= 0.6 is 0 Å². The molecule has 1 saturated carbocycles. The van der Waals surface area contributed by atoms with Gasteiger partial charge in [-0.2, -0.15) is 0 Å². The molecule has 0 aromatic carbocycles. The van der Waals surface area contributed by atoms with Crippen molar-refractivity contribution in [3.63, 3.8) is 0 Å². The van der Waals surface area contributed by atoms with Crippen molar-refractivity contribution in [3.05, 3.63) is 12.2 Å². The van der Waals surface area contributed by atoms with Gasteiger partial charge in [0.05, 0.1) is 0 Å². The summed E-state index contributed by atoms with van der Waals surface area (Å²) in [7, 11) is 0. The molecular formula is C8H12F2. The van der Waals surface area contributed by atoms with Crippen molar-refractivity contribution < 1.29 is 8.78 Å². The van der Waals surface area contributed by atoms with Crippen LogP contribution in [0.1, 0.15) is 26.2 Å². The van der Waals surface area contributed by atoms with Gasteiger partial charge < -0.3 is 0 Å². The van der Waals surface area contributed by atoms with Gasteiger partial charge in [-0.15, -0.1) is 0 Å². The molecule has 58 valence electrons. The SMILES string of the molecule is C=C(C)C1CCCC1(F)F. The van der Waals surface area contributed by atoms with Gasteiger partial charge in [-0.3, -0.25) is 0 Å². The first kappa shape index (κ1) is 7.70. The quantitative estimate of drug-likeness (QED) is 0.499. The van der Waals surface area contributed by atoms with Crippen LogP contribution in [0.2, 0.25) is 0 Å². The van der Waals surface area contributed by atoms with Gasteiger partial charge in [0.1, 0.15) is 0 Å². The molecular weight excluding hydrogens is 134 g/mol. The van der Waals surface area contributed by atoms with Crippen molar-refractivity contribution in [2.75, 3.05) is 0 Å². The maximum atomic E-state index is 12.8. The molecule has 2 heteroatoms. The van der Waals surface area contributed by atoms with E-state index in [2.05, 4.69) is 6.58 Å². The van der Waals surface area contributed by atoms with E-state index in [1.165, 1.54) is 0 Å². The third kappa shape index (κ3) is 1.20. The molecule has 0 N–H and O–H groups in total. The fraction of sp³-hybridized carbons (Fsp3) is 0.750. The minimum Gasteiger partial charge on any atom is -0.206 e. The highest BCUT2D eigenvalue weighted by Crippen LogP contribution is 2.43. The van der Waals surface area contributed by atoms with E-state index in [4.69, 9.17) is 0 Å². The number of hydrogen-bond acceptors (Lipinski definition) is 0. The molecule has 0 saturated heterocycles. The first-order valence-corrected chi connectivity index (χ1v) is 3.57. The minimum absolute atomic E-state index is 0.0462. The predicted molar refractivity (Wildman–Crippen MR) is 37.1 cm³/mol. The van der Waals surface area contributed by atoms with Crippen LogP contribution in [0.3, 0.4) is 0 Å². The second-order valence-corrected chi connectivity index (χ2v) is 3.05. The van der Waals surface area contributed by atoms with Crippen LogP contribution in [0, 0.1) is 5.92 Å². The van der Waals surface area contributed by atoms with Crippen molar-refractivity contribution in [3.8, 4) is 0 Å². The molecule has 1 fully saturated rings. The lowest BCUT2D eigenvalue weighted by atomic mass is 9.98. The van der Waals surface area contributed by atoms with Gasteiger partial charge in [0.25, 0.3) is 5.92 Å². The molecule has 1 aliphatic rings. The number of halogens is 2. The van der Waals surface area contributed by atoms with E-state index in [9.17, 15) is 8.78 Å². The van der Waals surface area contributed by atoms with Crippen LogP contribution in [0.5, 0.6) is 0 Å². The second-order valence-electron chi connectivity index (χ2n) is 3.05. The summed E-state index contributed by atoms with van der Waals surface area (Å²) >= 11 is 0. The summed E-state index contributed by atoms with van der Waals surface area (Å²) in [4.78, 5) is 0. The molecule has 10 heavy (non-hydrogen) atoms. The number of alkyl halides is 2. The first-order valence-electron chi connectivity index (χ1n) is 3.57. The summed E-state index contributed by atoms with van der Waals surface area (Å²) in [5.74, 6) is -3.02. The van der Waals surface area contributed by atoms with Gasteiger partial charge in [-0.25, -0.2) is 8.78 Å². The zero-order valence-electron chi connectivity index (χ0n) is 6.16. The molecule has 1 atom stereocenters. The Bertz CT molecular complexity index is 149. The van der Waals surface area contributed by atoms with Gasteiger partial charge in [-0.05, 0) is 19.8 Å². The number of rotatable bonds is 1. The smallest absolute Gasteiger partial charge is 0.206 e. The zero-order chi connectivity index (χ0) is 7.78. The van der Waals surface area contributed by atoms with E-state index in [1.54, 1.807) is 6.92 Å². The Morgan fingerprint density at radius 3 is 2.40 bits per heavy atom. The van der Waals surface area contributed by atoms with E-state index in [-0.39, 0.29) is 6.42 Å². The molecule has 0 aliphatic heterocycles. The summed E-state index contributed by atoms with van der Waals surface area (Å²) in [5, 5.41) is 0. The fourth-order valence-corrected chi connectivity index (χ4v) is 1.53. The van der Waals surface area contributed by atoms with Crippen LogP contribution in [0.25, 0.3) is 0 Å². The normalized spacial score (nSPS) is 30.5. The summed E-state index contributed by atoms with van der Waals surface area (Å²) in [6, 6.07) is 0. The summed E-state index contributed by atoms with van der Waals surface area (Å²) in [5.41, 5.74) is 0.627. The molecule has 0 aromatic rings. The molecule has 1 aliphatic carbocycles. The van der Waals surface area contributed by atoms with Crippen LogP contribution in [0.15, 0.2) is 12.2 Å². The van der Waals surface area contributed by atoms with E-state index in [1.807, 2.05) is 0 Å². The molecule has 1 unspecified atom stereocenters. The van der Waals surface area contributed by atoms with Gasteiger partial charge in [-0.1, -0.05) is 12.2 Å². The number of hydrogen-bond donors (Lipinski definition) is 0. The van der Waals surface area contributed by atoms with Crippen molar-refractivity contribution in [1.82, 2.24) is 0 Å². The van der Waals surface area contributed by atoms with Gasteiger partial charge in [0, 0.05) is 12.3 Å². The largest absolute Gasteiger partial charge is 0.254 e. The second kappa shape index (κ2) is 2.33. The average Bonchev–Trinajstić information content (AvgIpc) is 2.08. The molecule has 0 heterocycles. The molecule has 0 radical (unpaired) electrons. The Kier molecular flexibility index (Phi) is 1.80. The van der Waals surface area contributed by atoms with E-state index in [0.717, 1.165) is 0 Å². The van der Waals surface area contributed by atoms with Gasteiger partial charge in [0.15, 0.2) is 0 Å². The van der Waals surface area contributed by atoms with E-state index < -0.39 is 11.8 Å². The molecule has 0 bridgehead atoms. The third-order valence-corrected chi connectivity index (χ3v) is 2.11. The lowest BCUT2D eigenvalue weighted by Gasteiger charge is -2.18. The third-order valence-electron chi connectivity index (χ3n) is 2.11. The maximum Gasteiger partial charge on any atom is 0.254 e. The highest BCUT2D eigenvalue weighted by molar-refractivity contribution is 5.05. The lowest BCUT2D eigenvalue weighted by Crippen LogP contribution is -2.21. The van der Waals surface area contributed by atoms with Crippen LogP contribution in [-0.2, 0) is 0 Å². The number of allylic oxidation sites excluding steroid dienone is 1. The summed E-state index contributed by atoms with van der Waals surface area (Å²) in [6.45, 7) is 5.24. The molecule has 1 rings (SSSR count). The lowest BCUT2D eigenvalue weighted by molar-refractivity contribution is -0.0235. The van der Waals surface area contributed by atoms with Crippen molar-refractivity contribution in [2.45, 2.75) is 32.1 Å². The Morgan fingerprint density at radius 1 is 1.60 bits per heavy atom. The Balaban J connectivity index is 2.68. The van der Waals surface area contributed by atoms with Crippen molar-refractivity contribution in [1.29, 1.82) is 0 Å². The Morgan fingerprint density at radius 2 is 2.20 bits per heavy atom. The van der Waals surface area contributed by atoms with Crippen molar-refractivity contribution >= 4 is 0 Å². The molecule has 0 spiro atoms. The topological polar surface area (TPSA) is 0 Å². The first-order chi connectivity index (χ1) is 4.54. The van der Waals surface area contributed by atoms with Crippen molar-refractivity contribution in [2.24, 2.45) is 5.92 Å². The molecule has 0 nitrogen and oxygen atoms in total. The fourth-order valence-electron chi connectivity index (χ4n) is 1.53. The Hall–Kier alpha value is -0.400. The van der Waals surface area contributed by atoms with Crippen LogP contribution < -0.4 is 0 Å². The standard InChI is InChI=1S/C8H12F2/c1-6(2)7-4-3-5-8(7,9)10/h7H,1,3-5H2,2H3.